The molecule has 4 rings (SSSR count). The van der Waals surface area contributed by atoms with Crippen LogP contribution in [0.2, 0.25) is 0 Å². The number of fused-ring (bicyclic) bond motifs is 2. The van der Waals surface area contributed by atoms with Gasteiger partial charge in [0.1, 0.15) is 0 Å². The second kappa shape index (κ2) is 8.94. The van der Waals surface area contributed by atoms with Gasteiger partial charge in [0.2, 0.25) is 5.91 Å². The van der Waals surface area contributed by atoms with Gasteiger partial charge in [0.05, 0.1) is 16.6 Å². The summed E-state index contributed by atoms with van der Waals surface area (Å²) >= 11 is 1.60. The molecule has 1 aromatic heterocycles. The van der Waals surface area contributed by atoms with Crippen molar-refractivity contribution >= 4 is 43.4 Å². The number of anilines is 1. The van der Waals surface area contributed by atoms with Gasteiger partial charge in [-0.3, -0.25) is 9.69 Å². The van der Waals surface area contributed by atoms with Crippen LogP contribution in [0.4, 0.5) is 5.13 Å². The van der Waals surface area contributed by atoms with E-state index in [-0.39, 0.29) is 5.91 Å². The highest BCUT2D eigenvalue weighted by atomic mass is 32.1. The van der Waals surface area contributed by atoms with Gasteiger partial charge in [-0.25, -0.2) is 4.98 Å². The summed E-state index contributed by atoms with van der Waals surface area (Å²) in [6, 6.07) is 20.8. The third-order valence-corrected chi connectivity index (χ3v) is 6.42. The lowest BCUT2D eigenvalue weighted by atomic mass is 10.0. The first-order valence-electron chi connectivity index (χ1n) is 10.4. The lowest BCUT2D eigenvalue weighted by Gasteiger charge is -2.22. The smallest absolute Gasteiger partial charge is 0.233 e. The second-order valence-corrected chi connectivity index (χ2v) is 8.82. The molecule has 154 valence electrons. The van der Waals surface area contributed by atoms with E-state index < -0.39 is 0 Å². The van der Waals surface area contributed by atoms with E-state index in [2.05, 4.69) is 54.3 Å². The number of benzene rings is 3. The van der Waals surface area contributed by atoms with Gasteiger partial charge < -0.3 is 4.90 Å². The van der Waals surface area contributed by atoms with Crippen molar-refractivity contribution in [3.05, 3.63) is 71.8 Å². The van der Waals surface area contributed by atoms with Gasteiger partial charge in [-0.15, -0.1) is 0 Å². The maximum Gasteiger partial charge on any atom is 0.233 e. The number of nitrogens with zero attached hydrogens (tertiary/aromatic N) is 3. The molecule has 30 heavy (non-hydrogen) atoms. The average molecular weight is 418 g/mol. The number of aryl methyl sites for hydroxylation is 1. The minimum absolute atomic E-state index is 0.0861. The lowest BCUT2D eigenvalue weighted by molar-refractivity contribution is -0.118. The molecule has 0 aliphatic carbocycles. The van der Waals surface area contributed by atoms with Crippen LogP contribution >= 0.6 is 11.3 Å². The van der Waals surface area contributed by atoms with Crippen molar-refractivity contribution in [3.8, 4) is 0 Å². The van der Waals surface area contributed by atoms with Crippen LogP contribution in [0.3, 0.4) is 0 Å². The van der Waals surface area contributed by atoms with Crippen LogP contribution in [0.25, 0.3) is 21.0 Å². The number of hydrogen-bond acceptors (Lipinski definition) is 4. The van der Waals surface area contributed by atoms with E-state index in [1.807, 2.05) is 37.2 Å². The lowest BCUT2D eigenvalue weighted by Crippen LogP contribution is -2.37. The Labute approximate surface area is 181 Å². The topological polar surface area (TPSA) is 36.4 Å². The Hall–Kier alpha value is -2.76. The van der Waals surface area contributed by atoms with Crippen molar-refractivity contribution in [1.82, 2.24) is 9.88 Å². The Kier molecular flexibility index (Phi) is 6.11. The monoisotopic (exact) mass is 417 g/mol. The van der Waals surface area contributed by atoms with Crippen LogP contribution in [0.5, 0.6) is 0 Å². The highest BCUT2D eigenvalue weighted by Crippen LogP contribution is 2.30. The van der Waals surface area contributed by atoms with Crippen molar-refractivity contribution in [2.45, 2.75) is 19.8 Å². The molecule has 0 bridgehead atoms. The van der Waals surface area contributed by atoms with E-state index in [1.54, 1.807) is 11.3 Å². The Morgan fingerprint density at radius 2 is 1.80 bits per heavy atom. The standard InChI is InChI=1S/C25H27N3OS/c1-4-18-12-13-22-23(16-18)30-25(26-22)28(15-14-27(2)3)24(29)17-20-10-7-9-19-8-5-6-11-21(19)20/h5-13,16H,4,14-15,17H2,1-3H3. The molecule has 0 fully saturated rings. The van der Waals surface area contributed by atoms with Gasteiger partial charge in [0, 0.05) is 13.1 Å². The molecular weight excluding hydrogens is 390 g/mol. The van der Waals surface area contributed by atoms with E-state index in [0.29, 0.717) is 13.0 Å². The largest absolute Gasteiger partial charge is 0.308 e. The fourth-order valence-electron chi connectivity index (χ4n) is 3.62. The average Bonchev–Trinajstić information content (AvgIpc) is 3.16. The molecule has 4 nitrogen and oxygen atoms in total. The predicted octanol–water partition coefficient (Wildman–Crippen LogP) is 5.15. The van der Waals surface area contributed by atoms with E-state index in [9.17, 15) is 4.79 Å². The molecule has 0 saturated heterocycles. The zero-order chi connectivity index (χ0) is 21.1. The highest BCUT2D eigenvalue weighted by molar-refractivity contribution is 7.22. The third-order valence-electron chi connectivity index (χ3n) is 5.37. The summed E-state index contributed by atoms with van der Waals surface area (Å²) in [6.45, 7) is 3.56. The number of carbonyl (C=O) groups is 1. The molecule has 0 aliphatic heterocycles. The first-order valence-corrected chi connectivity index (χ1v) is 11.2. The van der Waals surface area contributed by atoms with Gasteiger partial charge in [0.15, 0.2) is 5.13 Å². The second-order valence-electron chi connectivity index (χ2n) is 7.82. The van der Waals surface area contributed by atoms with Crippen molar-refractivity contribution in [3.63, 3.8) is 0 Å². The van der Waals surface area contributed by atoms with Crippen LogP contribution in [-0.4, -0.2) is 43.0 Å². The van der Waals surface area contributed by atoms with Crippen molar-refractivity contribution < 1.29 is 4.79 Å². The molecule has 1 amide bonds. The summed E-state index contributed by atoms with van der Waals surface area (Å²) < 4.78 is 1.14. The van der Waals surface area contributed by atoms with Crippen molar-refractivity contribution in [1.29, 1.82) is 0 Å². The van der Waals surface area contributed by atoms with Gasteiger partial charge in [-0.2, -0.15) is 0 Å². The van der Waals surface area contributed by atoms with Gasteiger partial charge in [0.25, 0.3) is 0 Å². The number of rotatable bonds is 7. The minimum Gasteiger partial charge on any atom is -0.308 e. The maximum atomic E-state index is 13.4. The van der Waals surface area contributed by atoms with Crippen LogP contribution < -0.4 is 4.90 Å². The number of amides is 1. The molecule has 0 spiro atoms. The van der Waals surface area contributed by atoms with Crippen LogP contribution in [-0.2, 0) is 17.6 Å². The summed E-state index contributed by atoms with van der Waals surface area (Å²) in [5.74, 6) is 0.0861. The fourth-order valence-corrected chi connectivity index (χ4v) is 4.70. The summed E-state index contributed by atoms with van der Waals surface area (Å²) in [5, 5.41) is 3.08. The summed E-state index contributed by atoms with van der Waals surface area (Å²) in [5.41, 5.74) is 3.31. The molecule has 0 N–H and O–H groups in total. The molecule has 0 atom stereocenters. The molecule has 4 aromatic rings. The summed E-state index contributed by atoms with van der Waals surface area (Å²) in [4.78, 5) is 22.2. The quantitative estimate of drug-likeness (QED) is 0.417. The fraction of sp³-hybridized carbons (Fsp3) is 0.280. The first kappa shape index (κ1) is 20.5. The van der Waals surface area contributed by atoms with Gasteiger partial charge in [-0.05, 0) is 54.5 Å². The van der Waals surface area contributed by atoms with Crippen LogP contribution in [0.15, 0.2) is 60.7 Å². The van der Waals surface area contributed by atoms with Crippen molar-refractivity contribution in [2.24, 2.45) is 0 Å². The predicted molar refractivity (Wildman–Crippen MR) is 128 cm³/mol. The Balaban J connectivity index is 1.67. The number of thiazole rings is 1. The Morgan fingerprint density at radius 3 is 2.60 bits per heavy atom. The third kappa shape index (κ3) is 4.37. The molecule has 0 aliphatic rings. The van der Waals surface area contributed by atoms with E-state index in [1.165, 1.54) is 5.56 Å². The van der Waals surface area contributed by atoms with E-state index in [4.69, 9.17) is 4.98 Å². The van der Waals surface area contributed by atoms with E-state index >= 15 is 0 Å². The Morgan fingerprint density at radius 1 is 1.00 bits per heavy atom. The number of aromatic nitrogens is 1. The molecule has 3 aromatic carbocycles. The highest BCUT2D eigenvalue weighted by Gasteiger charge is 2.21. The van der Waals surface area contributed by atoms with Crippen LogP contribution in [0, 0.1) is 0 Å². The number of carbonyl (C=O) groups excluding carboxylic acids is 1. The summed E-state index contributed by atoms with van der Waals surface area (Å²) in [6.07, 6.45) is 1.36. The van der Waals surface area contributed by atoms with E-state index in [0.717, 1.165) is 44.6 Å². The zero-order valence-electron chi connectivity index (χ0n) is 17.8. The minimum atomic E-state index is 0.0861. The summed E-state index contributed by atoms with van der Waals surface area (Å²) in [7, 11) is 4.05. The van der Waals surface area contributed by atoms with Gasteiger partial charge >= 0.3 is 0 Å². The number of hydrogen-bond donors (Lipinski definition) is 0. The molecular formula is C25H27N3OS. The maximum absolute atomic E-state index is 13.4. The first-order chi connectivity index (χ1) is 14.5. The molecule has 5 heteroatoms. The molecule has 0 radical (unpaired) electrons. The normalized spacial score (nSPS) is 11.5. The SMILES string of the molecule is CCc1ccc2nc(N(CCN(C)C)C(=O)Cc3cccc4ccccc34)sc2c1. The molecule has 1 heterocycles. The zero-order valence-corrected chi connectivity index (χ0v) is 18.6. The molecule has 0 saturated carbocycles. The van der Waals surface area contributed by atoms with Crippen molar-refractivity contribution in [2.75, 3.05) is 32.1 Å². The number of likely N-dealkylation sites (N-methyl/N-ethyl adjacent to an activating group) is 1. The van der Waals surface area contributed by atoms with Crippen LogP contribution in [0.1, 0.15) is 18.1 Å². The molecule has 0 unspecified atom stereocenters. The Bertz CT molecular complexity index is 1180. The van der Waals surface area contributed by atoms with Gasteiger partial charge in [-0.1, -0.05) is 66.8 Å².